The lowest BCUT2D eigenvalue weighted by Gasteiger charge is -2.21. The van der Waals surface area contributed by atoms with Crippen LogP contribution >= 0.6 is 10.7 Å². The van der Waals surface area contributed by atoms with Crippen molar-refractivity contribution in [3.05, 3.63) is 24.1 Å². The maximum Gasteiger partial charge on any atom is 0.261 e. The van der Waals surface area contributed by atoms with Crippen LogP contribution in [0.2, 0.25) is 0 Å². The van der Waals surface area contributed by atoms with Crippen LogP contribution < -0.4 is 0 Å². The second-order valence-corrected chi connectivity index (χ2v) is 6.81. The molecule has 1 aliphatic carbocycles. The summed E-state index contributed by atoms with van der Waals surface area (Å²) in [7, 11) is 1.56. The SMILES string of the molecule is O=S(=O)(Cl)c1ccc2nc(C3CCC3)oc2c1. The number of oxazole rings is 1. The van der Waals surface area contributed by atoms with Gasteiger partial charge in [0, 0.05) is 22.7 Å². The van der Waals surface area contributed by atoms with Gasteiger partial charge in [0.15, 0.2) is 11.5 Å². The predicted molar refractivity (Wildman–Crippen MR) is 63.6 cm³/mol. The number of nitrogens with zero attached hydrogens (tertiary/aromatic N) is 1. The van der Waals surface area contributed by atoms with E-state index >= 15 is 0 Å². The van der Waals surface area contributed by atoms with Crippen LogP contribution in [-0.4, -0.2) is 13.4 Å². The van der Waals surface area contributed by atoms with Crippen LogP contribution in [0.1, 0.15) is 31.1 Å². The Balaban J connectivity index is 2.10. The van der Waals surface area contributed by atoms with Gasteiger partial charge >= 0.3 is 0 Å². The van der Waals surface area contributed by atoms with Gasteiger partial charge in [-0.1, -0.05) is 6.42 Å². The Hall–Kier alpha value is -1.07. The molecule has 17 heavy (non-hydrogen) atoms. The molecule has 0 amide bonds. The molecule has 3 rings (SSSR count). The Bertz CT molecular complexity index is 673. The van der Waals surface area contributed by atoms with E-state index in [-0.39, 0.29) is 4.90 Å². The van der Waals surface area contributed by atoms with Crippen molar-refractivity contribution in [2.24, 2.45) is 0 Å². The van der Waals surface area contributed by atoms with Crippen LogP contribution in [0.25, 0.3) is 11.1 Å². The van der Waals surface area contributed by atoms with E-state index in [1.807, 2.05) is 0 Å². The van der Waals surface area contributed by atoms with Crippen molar-refractivity contribution in [1.29, 1.82) is 0 Å². The minimum atomic E-state index is -3.71. The van der Waals surface area contributed by atoms with Crippen molar-refractivity contribution in [2.75, 3.05) is 0 Å². The molecule has 0 atom stereocenters. The molecule has 1 saturated carbocycles. The molecule has 2 aromatic rings. The molecule has 1 heterocycles. The van der Waals surface area contributed by atoms with Gasteiger partial charge in [0.2, 0.25) is 0 Å². The minimum absolute atomic E-state index is 0.0444. The standard InChI is InChI=1S/C11H10ClNO3S/c12-17(14,15)8-4-5-9-10(6-8)16-11(13-9)7-2-1-3-7/h4-7H,1-3H2. The number of hydrogen-bond donors (Lipinski definition) is 0. The van der Waals surface area contributed by atoms with Crippen LogP contribution in [0, 0.1) is 0 Å². The largest absolute Gasteiger partial charge is 0.440 e. The van der Waals surface area contributed by atoms with Gasteiger partial charge in [-0.3, -0.25) is 0 Å². The van der Waals surface area contributed by atoms with Gasteiger partial charge in [-0.05, 0) is 25.0 Å². The highest BCUT2D eigenvalue weighted by atomic mass is 35.7. The molecule has 4 nitrogen and oxygen atoms in total. The lowest BCUT2D eigenvalue weighted by atomic mass is 9.85. The van der Waals surface area contributed by atoms with Crippen molar-refractivity contribution >= 4 is 30.8 Å². The van der Waals surface area contributed by atoms with Crippen LogP contribution in [0.5, 0.6) is 0 Å². The smallest absolute Gasteiger partial charge is 0.261 e. The van der Waals surface area contributed by atoms with Gasteiger partial charge in [-0.25, -0.2) is 13.4 Å². The molecule has 0 radical (unpaired) electrons. The minimum Gasteiger partial charge on any atom is -0.440 e. The van der Waals surface area contributed by atoms with Crippen LogP contribution in [0.3, 0.4) is 0 Å². The Morgan fingerprint density at radius 3 is 2.71 bits per heavy atom. The first kappa shape index (κ1) is 11.0. The second-order valence-electron chi connectivity index (χ2n) is 4.25. The molecule has 0 unspecified atom stereocenters. The molecule has 1 fully saturated rings. The van der Waals surface area contributed by atoms with Gasteiger partial charge in [0.1, 0.15) is 5.52 Å². The molecule has 0 bridgehead atoms. The molecule has 0 saturated heterocycles. The number of aromatic nitrogens is 1. The van der Waals surface area contributed by atoms with Crippen molar-refractivity contribution < 1.29 is 12.8 Å². The summed E-state index contributed by atoms with van der Waals surface area (Å²) in [6.07, 6.45) is 3.38. The normalized spacial score (nSPS) is 17.2. The Labute approximate surface area is 103 Å². The summed E-state index contributed by atoms with van der Waals surface area (Å²) in [6.45, 7) is 0. The van der Waals surface area contributed by atoms with Gasteiger partial charge in [-0.2, -0.15) is 0 Å². The Kier molecular flexibility index (Phi) is 2.41. The molecule has 6 heteroatoms. The van der Waals surface area contributed by atoms with E-state index in [1.165, 1.54) is 18.6 Å². The van der Waals surface area contributed by atoms with E-state index in [1.54, 1.807) is 6.07 Å². The molecule has 0 spiro atoms. The zero-order valence-electron chi connectivity index (χ0n) is 8.89. The lowest BCUT2D eigenvalue weighted by molar-refractivity contribution is 0.344. The molecule has 1 aromatic carbocycles. The van der Waals surface area contributed by atoms with Crippen LogP contribution in [0.4, 0.5) is 0 Å². The molecule has 0 N–H and O–H groups in total. The summed E-state index contributed by atoms with van der Waals surface area (Å²) in [5.41, 5.74) is 1.16. The fourth-order valence-corrected chi connectivity index (χ4v) is 2.67. The summed E-state index contributed by atoms with van der Waals surface area (Å²) in [5, 5.41) is 0. The van der Waals surface area contributed by atoms with Gasteiger partial charge in [-0.15, -0.1) is 0 Å². The number of benzene rings is 1. The Morgan fingerprint density at radius 2 is 2.12 bits per heavy atom. The third kappa shape index (κ3) is 1.93. The number of hydrogen-bond acceptors (Lipinski definition) is 4. The van der Waals surface area contributed by atoms with Gasteiger partial charge in [0.05, 0.1) is 4.90 Å². The first-order valence-electron chi connectivity index (χ1n) is 5.39. The average Bonchev–Trinajstić information content (AvgIpc) is 2.54. The number of halogens is 1. The van der Waals surface area contributed by atoms with E-state index in [2.05, 4.69) is 4.98 Å². The third-order valence-electron chi connectivity index (χ3n) is 3.11. The second kappa shape index (κ2) is 3.71. The zero-order valence-corrected chi connectivity index (χ0v) is 10.5. The average molecular weight is 272 g/mol. The molecule has 1 aromatic heterocycles. The molecule has 1 aliphatic rings. The maximum atomic E-state index is 11.2. The van der Waals surface area contributed by atoms with E-state index < -0.39 is 9.05 Å². The predicted octanol–water partition coefficient (Wildman–Crippen LogP) is 3.02. The summed E-state index contributed by atoms with van der Waals surface area (Å²) < 4.78 is 27.9. The van der Waals surface area contributed by atoms with Crippen molar-refractivity contribution in [2.45, 2.75) is 30.1 Å². The fourth-order valence-electron chi connectivity index (χ4n) is 1.90. The number of rotatable bonds is 2. The zero-order chi connectivity index (χ0) is 12.0. The van der Waals surface area contributed by atoms with E-state index in [0.717, 1.165) is 12.8 Å². The van der Waals surface area contributed by atoms with Crippen LogP contribution in [0.15, 0.2) is 27.5 Å². The van der Waals surface area contributed by atoms with E-state index in [0.29, 0.717) is 22.9 Å². The van der Waals surface area contributed by atoms with E-state index in [4.69, 9.17) is 15.1 Å². The molecule has 0 aliphatic heterocycles. The van der Waals surface area contributed by atoms with Crippen molar-refractivity contribution in [1.82, 2.24) is 4.98 Å². The fraction of sp³-hybridized carbons (Fsp3) is 0.364. The van der Waals surface area contributed by atoms with Crippen molar-refractivity contribution in [3.63, 3.8) is 0 Å². The monoisotopic (exact) mass is 271 g/mol. The van der Waals surface area contributed by atoms with Gasteiger partial charge in [0.25, 0.3) is 9.05 Å². The highest BCUT2D eigenvalue weighted by Crippen LogP contribution is 2.37. The summed E-state index contributed by atoms with van der Waals surface area (Å²) >= 11 is 0. The summed E-state index contributed by atoms with van der Waals surface area (Å²) in [5.74, 6) is 1.09. The molecular formula is C11H10ClNO3S. The lowest BCUT2D eigenvalue weighted by Crippen LogP contribution is -2.08. The molecule has 90 valence electrons. The summed E-state index contributed by atoms with van der Waals surface area (Å²) in [6, 6.07) is 4.49. The number of fused-ring (bicyclic) bond motifs is 1. The quantitative estimate of drug-likeness (QED) is 0.788. The third-order valence-corrected chi connectivity index (χ3v) is 4.46. The molecular weight excluding hydrogens is 262 g/mol. The highest BCUT2D eigenvalue weighted by Gasteiger charge is 2.25. The van der Waals surface area contributed by atoms with Crippen LogP contribution in [-0.2, 0) is 9.05 Å². The topological polar surface area (TPSA) is 60.2 Å². The summed E-state index contributed by atoms with van der Waals surface area (Å²) in [4.78, 5) is 4.40. The van der Waals surface area contributed by atoms with Gasteiger partial charge < -0.3 is 4.42 Å². The Morgan fingerprint density at radius 1 is 1.35 bits per heavy atom. The first-order valence-corrected chi connectivity index (χ1v) is 7.70. The highest BCUT2D eigenvalue weighted by molar-refractivity contribution is 8.13. The maximum absolute atomic E-state index is 11.2. The first-order chi connectivity index (χ1) is 8.04. The van der Waals surface area contributed by atoms with E-state index in [9.17, 15) is 8.42 Å². The van der Waals surface area contributed by atoms with Crippen molar-refractivity contribution in [3.8, 4) is 0 Å².